The molecule has 1 saturated heterocycles. The Labute approximate surface area is 84.2 Å². The lowest BCUT2D eigenvalue weighted by Crippen LogP contribution is -2.41. The smallest absolute Gasteiger partial charge is 0.116 e. The Balaban J connectivity index is 2.58. The van der Waals surface area contributed by atoms with Gasteiger partial charge in [-0.1, -0.05) is 0 Å². The SMILES string of the molecule is CN(C)C1CCC[N]C(Cl)C1Cl. The predicted octanol–water partition coefficient (Wildman–Crippen LogP) is 1.49. The maximum atomic E-state index is 6.17. The maximum absolute atomic E-state index is 6.17. The van der Waals surface area contributed by atoms with Crippen LogP contribution in [-0.2, 0) is 0 Å². The predicted molar refractivity (Wildman–Crippen MR) is 53.0 cm³/mol. The summed E-state index contributed by atoms with van der Waals surface area (Å²) in [5, 5.41) is 4.19. The van der Waals surface area contributed by atoms with Gasteiger partial charge in [-0.3, -0.25) is 0 Å². The van der Waals surface area contributed by atoms with Crippen LogP contribution in [0.3, 0.4) is 0 Å². The summed E-state index contributed by atoms with van der Waals surface area (Å²) in [5.74, 6) is 0. The molecule has 1 aliphatic heterocycles. The molecule has 0 amide bonds. The van der Waals surface area contributed by atoms with Crippen molar-refractivity contribution < 1.29 is 0 Å². The van der Waals surface area contributed by atoms with Gasteiger partial charge in [0.25, 0.3) is 0 Å². The molecule has 1 aliphatic rings. The standard InChI is InChI=1S/C8H15Cl2N2/c1-12(2)6-4-3-5-11-8(10)7(6)9/h6-8H,3-5H2,1-2H3. The zero-order valence-corrected chi connectivity index (χ0v) is 9.02. The van der Waals surface area contributed by atoms with Crippen LogP contribution in [0, 0.1) is 0 Å². The minimum atomic E-state index is -0.221. The van der Waals surface area contributed by atoms with Gasteiger partial charge < -0.3 is 4.90 Å². The van der Waals surface area contributed by atoms with E-state index in [0.29, 0.717) is 6.04 Å². The van der Waals surface area contributed by atoms with Gasteiger partial charge >= 0.3 is 0 Å². The van der Waals surface area contributed by atoms with Crippen LogP contribution in [0.15, 0.2) is 0 Å². The van der Waals surface area contributed by atoms with Crippen LogP contribution in [-0.4, -0.2) is 42.5 Å². The van der Waals surface area contributed by atoms with E-state index in [1.165, 1.54) is 0 Å². The van der Waals surface area contributed by atoms with E-state index in [2.05, 4.69) is 10.2 Å². The van der Waals surface area contributed by atoms with Crippen LogP contribution < -0.4 is 5.32 Å². The lowest BCUT2D eigenvalue weighted by atomic mass is 10.1. The van der Waals surface area contributed by atoms with E-state index in [9.17, 15) is 0 Å². The summed E-state index contributed by atoms with van der Waals surface area (Å²) in [7, 11) is 4.07. The molecular weight excluding hydrogens is 195 g/mol. The Morgan fingerprint density at radius 1 is 1.33 bits per heavy atom. The number of alkyl halides is 2. The van der Waals surface area contributed by atoms with Crippen molar-refractivity contribution in [1.29, 1.82) is 0 Å². The molecule has 0 N–H and O–H groups in total. The molecule has 3 atom stereocenters. The summed E-state index contributed by atoms with van der Waals surface area (Å²) in [4.78, 5) is 2.13. The van der Waals surface area contributed by atoms with Crippen LogP contribution >= 0.6 is 23.2 Å². The van der Waals surface area contributed by atoms with Crippen molar-refractivity contribution in [3.8, 4) is 0 Å². The van der Waals surface area contributed by atoms with Gasteiger partial charge in [0.05, 0.1) is 5.38 Å². The lowest BCUT2D eigenvalue weighted by Gasteiger charge is -2.28. The average molecular weight is 210 g/mol. The van der Waals surface area contributed by atoms with Gasteiger partial charge in [-0.05, 0) is 26.9 Å². The van der Waals surface area contributed by atoms with Crippen LogP contribution in [0.5, 0.6) is 0 Å². The molecular formula is C8H15Cl2N2. The fourth-order valence-electron chi connectivity index (χ4n) is 1.50. The van der Waals surface area contributed by atoms with E-state index in [1.54, 1.807) is 0 Å². The van der Waals surface area contributed by atoms with Gasteiger partial charge in [-0.2, -0.15) is 0 Å². The number of rotatable bonds is 1. The minimum absolute atomic E-state index is 0.0517. The molecule has 3 unspecified atom stereocenters. The molecule has 1 rings (SSSR count). The monoisotopic (exact) mass is 209 g/mol. The van der Waals surface area contributed by atoms with Crippen LogP contribution in [0.2, 0.25) is 0 Å². The molecule has 2 nitrogen and oxygen atoms in total. The van der Waals surface area contributed by atoms with Gasteiger partial charge in [0.2, 0.25) is 0 Å². The Bertz CT molecular complexity index is 141. The molecule has 0 bridgehead atoms. The van der Waals surface area contributed by atoms with Gasteiger partial charge in [0.1, 0.15) is 5.50 Å². The average Bonchev–Trinajstić information content (AvgIpc) is 2.15. The summed E-state index contributed by atoms with van der Waals surface area (Å²) in [5.41, 5.74) is -0.221. The van der Waals surface area contributed by atoms with Crippen molar-refractivity contribution in [2.24, 2.45) is 0 Å². The zero-order valence-electron chi connectivity index (χ0n) is 7.50. The first-order valence-corrected chi connectivity index (χ1v) is 5.11. The quantitative estimate of drug-likeness (QED) is 0.473. The van der Waals surface area contributed by atoms with Crippen molar-refractivity contribution in [3.05, 3.63) is 0 Å². The van der Waals surface area contributed by atoms with E-state index in [4.69, 9.17) is 23.2 Å². The molecule has 1 fully saturated rings. The fraction of sp³-hybridized carbons (Fsp3) is 1.00. The fourth-order valence-corrected chi connectivity index (χ4v) is 2.20. The van der Waals surface area contributed by atoms with Crippen molar-refractivity contribution in [3.63, 3.8) is 0 Å². The maximum Gasteiger partial charge on any atom is 0.116 e. The molecule has 71 valence electrons. The molecule has 0 aliphatic carbocycles. The zero-order chi connectivity index (χ0) is 9.14. The van der Waals surface area contributed by atoms with Gasteiger partial charge in [0.15, 0.2) is 0 Å². The lowest BCUT2D eigenvalue weighted by molar-refractivity contribution is 0.271. The number of halogens is 2. The third kappa shape index (κ3) is 2.49. The third-order valence-electron chi connectivity index (χ3n) is 2.26. The van der Waals surface area contributed by atoms with Crippen molar-refractivity contribution >= 4 is 23.2 Å². The summed E-state index contributed by atoms with van der Waals surface area (Å²) in [6.07, 6.45) is 2.18. The first-order valence-electron chi connectivity index (χ1n) is 4.24. The highest BCUT2D eigenvalue weighted by atomic mass is 35.5. The van der Waals surface area contributed by atoms with E-state index in [1.807, 2.05) is 14.1 Å². The Kier molecular flexibility index (Phi) is 4.11. The molecule has 4 heteroatoms. The molecule has 0 aromatic heterocycles. The second-order valence-electron chi connectivity index (χ2n) is 3.40. The van der Waals surface area contributed by atoms with Crippen LogP contribution in [0.1, 0.15) is 12.8 Å². The summed E-state index contributed by atoms with van der Waals surface area (Å²) < 4.78 is 0. The van der Waals surface area contributed by atoms with Crippen molar-refractivity contribution in [2.75, 3.05) is 20.6 Å². The largest absolute Gasteiger partial charge is 0.305 e. The van der Waals surface area contributed by atoms with Crippen molar-refractivity contribution in [1.82, 2.24) is 10.2 Å². The molecule has 12 heavy (non-hydrogen) atoms. The first kappa shape index (κ1) is 10.6. The van der Waals surface area contributed by atoms with E-state index < -0.39 is 0 Å². The Morgan fingerprint density at radius 2 is 2.00 bits per heavy atom. The van der Waals surface area contributed by atoms with Gasteiger partial charge in [0, 0.05) is 12.6 Å². The van der Waals surface area contributed by atoms with Crippen molar-refractivity contribution in [2.45, 2.75) is 29.8 Å². The molecule has 0 spiro atoms. The molecule has 1 radical (unpaired) electrons. The topological polar surface area (TPSA) is 17.3 Å². The molecule has 0 aromatic rings. The summed E-state index contributed by atoms with van der Waals surface area (Å²) >= 11 is 12.2. The van der Waals surface area contributed by atoms with E-state index in [0.717, 1.165) is 19.4 Å². The second kappa shape index (κ2) is 4.66. The summed E-state index contributed by atoms with van der Waals surface area (Å²) in [6, 6.07) is 0.361. The Hall–Kier alpha value is 0.500. The van der Waals surface area contributed by atoms with E-state index in [-0.39, 0.29) is 10.9 Å². The highest BCUT2D eigenvalue weighted by Gasteiger charge is 2.30. The van der Waals surface area contributed by atoms with Gasteiger partial charge in [-0.15, -0.1) is 23.2 Å². The van der Waals surface area contributed by atoms with Gasteiger partial charge in [-0.25, -0.2) is 5.32 Å². The van der Waals surface area contributed by atoms with E-state index >= 15 is 0 Å². The van der Waals surface area contributed by atoms with Crippen LogP contribution in [0.4, 0.5) is 0 Å². The highest BCUT2D eigenvalue weighted by molar-refractivity contribution is 6.30. The Morgan fingerprint density at radius 3 is 2.58 bits per heavy atom. The van der Waals surface area contributed by atoms with Crippen LogP contribution in [0.25, 0.3) is 0 Å². The number of nitrogens with zero attached hydrogens (tertiary/aromatic N) is 2. The number of hydrogen-bond donors (Lipinski definition) is 0. The minimum Gasteiger partial charge on any atom is -0.305 e. The third-order valence-corrected chi connectivity index (χ3v) is 3.32. The molecule has 0 saturated carbocycles. The molecule has 1 heterocycles. The number of hydrogen-bond acceptors (Lipinski definition) is 1. The molecule has 0 aromatic carbocycles. The second-order valence-corrected chi connectivity index (χ2v) is 4.35. The first-order chi connectivity index (χ1) is 5.63. The summed E-state index contributed by atoms with van der Waals surface area (Å²) in [6.45, 7) is 0.849. The highest BCUT2D eigenvalue weighted by Crippen LogP contribution is 2.22. The normalized spacial score (nSPS) is 38.2.